The van der Waals surface area contributed by atoms with Gasteiger partial charge in [0.25, 0.3) is 5.91 Å². The molecule has 0 fully saturated rings. The summed E-state index contributed by atoms with van der Waals surface area (Å²) in [6.07, 6.45) is 0. The molecule has 0 saturated carbocycles. The van der Waals surface area contributed by atoms with Crippen LogP contribution in [-0.4, -0.2) is 5.91 Å². The molecule has 3 nitrogen and oxygen atoms in total. The number of halogens is 2. The third kappa shape index (κ3) is 2.98. The van der Waals surface area contributed by atoms with Crippen LogP contribution >= 0.6 is 15.9 Å². The fraction of sp³-hybridized carbons (Fsp3) is 0. The van der Waals surface area contributed by atoms with Gasteiger partial charge >= 0.3 is 0 Å². The first-order chi connectivity index (χ1) is 9.11. The maximum Gasteiger partial charge on any atom is 0.256 e. The molecule has 0 aromatic heterocycles. The molecule has 0 aliphatic heterocycles. The van der Waals surface area contributed by atoms with Crippen molar-refractivity contribution in [3.63, 3.8) is 0 Å². The van der Waals surface area contributed by atoms with Crippen LogP contribution in [0.1, 0.15) is 15.9 Å². The van der Waals surface area contributed by atoms with Gasteiger partial charge in [0.05, 0.1) is 16.8 Å². The molecule has 2 aromatic carbocycles. The summed E-state index contributed by atoms with van der Waals surface area (Å²) in [4.78, 5) is 12.0. The Kier molecular flexibility index (Phi) is 3.93. The summed E-state index contributed by atoms with van der Waals surface area (Å²) in [6.45, 7) is 0. The molecule has 0 bridgehead atoms. The number of para-hydroxylation sites is 1. The smallest absolute Gasteiger partial charge is 0.256 e. The summed E-state index contributed by atoms with van der Waals surface area (Å²) in [5.41, 5.74) is 1.09. The molecule has 0 heterocycles. The maximum absolute atomic E-state index is 13.0. The van der Waals surface area contributed by atoms with Crippen LogP contribution < -0.4 is 5.32 Å². The average Bonchev–Trinajstić information content (AvgIpc) is 2.39. The molecule has 0 atom stereocenters. The van der Waals surface area contributed by atoms with Gasteiger partial charge in [0.2, 0.25) is 0 Å². The predicted molar refractivity (Wildman–Crippen MR) is 73.2 cm³/mol. The highest BCUT2D eigenvalue weighted by Gasteiger charge is 2.12. The first-order valence-electron chi connectivity index (χ1n) is 5.37. The standard InChI is InChI=1S/C14H8BrFN2O/c15-12-7-10(16)5-6-11(12)14(19)18-13-4-2-1-3-9(13)8-17/h1-7H,(H,18,19). The topological polar surface area (TPSA) is 52.9 Å². The van der Waals surface area contributed by atoms with E-state index in [-0.39, 0.29) is 0 Å². The van der Waals surface area contributed by atoms with Crippen LogP contribution in [0, 0.1) is 17.1 Å². The minimum Gasteiger partial charge on any atom is -0.321 e. The van der Waals surface area contributed by atoms with Gasteiger partial charge in [-0.15, -0.1) is 0 Å². The van der Waals surface area contributed by atoms with E-state index < -0.39 is 11.7 Å². The second kappa shape index (κ2) is 5.63. The van der Waals surface area contributed by atoms with Crippen LogP contribution in [-0.2, 0) is 0 Å². The van der Waals surface area contributed by atoms with E-state index in [2.05, 4.69) is 21.2 Å². The Balaban J connectivity index is 2.29. The first kappa shape index (κ1) is 13.2. The van der Waals surface area contributed by atoms with E-state index in [0.29, 0.717) is 21.3 Å². The lowest BCUT2D eigenvalue weighted by molar-refractivity contribution is 0.102. The van der Waals surface area contributed by atoms with Crippen LogP contribution in [0.15, 0.2) is 46.9 Å². The predicted octanol–water partition coefficient (Wildman–Crippen LogP) is 3.71. The lowest BCUT2D eigenvalue weighted by Gasteiger charge is -2.08. The van der Waals surface area contributed by atoms with E-state index in [1.54, 1.807) is 24.3 Å². The van der Waals surface area contributed by atoms with Gasteiger partial charge in [-0.05, 0) is 46.3 Å². The third-order valence-corrected chi connectivity index (χ3v) is 3.13. The molecule has 19 heavy (non-hydrogen) atoms. The number of carbonyl (C=O) groups is 1. The van der Waals surface area contributed by atoms with Crippen molar-refractivity contribution in [3.8, 4) is 6.07 Å². The summed E-state index contributed by atoms with van der Waals surface area (Å²) in [5, 5.41) is 11.6. The van der Waals surface area contributed by atoms with Crippen LogP contribution in [0.3, 0.4) is 0 Å². The van der Waals surface area contributed by atoms with Crippen LogP contribution in [0.25, 0.3) is 0 Å². The number of hydrogen-bond acceptors (Lipinski definition) is 2. The quantitative estimate of drug-likeness (QED) is 0.917. The lowest BCUT2D eigenvalue weighted by Crippen LogP contribution is -2.13. The Morgan fingerprint density at radius 1 is 1.26 bits per heavy atom. The number of anilines is 1. The molecule has 0 radical (unpaired) electrons. The Bertz CT molecular complexity index is 679. The molecule has 0 unspecified atom stereocenters. The molecule has 0 spiro atoms. The van der Waals surface area contributed by atoms with Gasteiger partial charge in [-0.2, -0.15) is 5.26 Å². The molecular formula is C14H8BrFN2O. The van der Waals surface area contributed by atoms with Gasteiger partial charge in [0, 0.05) is 4.47 Å². The van der Waals surface area contributed by atoms with Crippen molar-refractivity contribution in [1.29, 1.82) is 5.26 Å². The van der Waals surface area contributed by atoms with Crippen molar-refractivity contribution < 1.29 is 9.18 Å². The van der Waals surface area contributed by atoms with Crippen molar-refractivity contribution in [1.82, 2.24) is 0 Å². The van der Waals surface area contributed by atoms with Crippen LogP contribution in [0.5, 0.6) is 0 Å². The lowest BCUT2D eigenvalue weighted by atomic mass is 10.1. The van der Waals surface area contributed by atoms with Crippen LogP contribution in [0.2, 0.25) is 0 Å². The number of amides is 1. The fourth-order valence-corrected chi connectivity index (χ4v) is 2.08. The van der Waals surface area contributed by atoms with Gasteiger partial charge in [-0.1, -0.05) is 12.1 Å². The summed E-state index contributed by atoms with van der Waals surface area (Å²) in [6, 6.07) is 12.5. The van der Waals surface area contributed by atoms with Gasteiger partial charge in [-0.3, -0.25) is 4.79 Å². The van der Waals surface area contributed by atoms with E-state index >= 15 is 0 Å². The second-order valence-corrected chi connectivity index (χ2v) is 4.59. The molecular weight excluding hydrogens is 311 g/mol. The molecule has 5 heteroatoms. The Labute approximate surface area is 117 Å². The van der Waals surface area contributed by atoms with E-state index in [1.807, 2.05) is 6.07 Å². The first-order valence-corrected chi connectivity index (χ1v) is 6.16. The highest BCUT2D eigenvalue weighted by Crippen LogP contribution is 2.20. The van der Waals surface area contributed by atoms with Crippen molar-refractivity contribution >= 4 is 27.5 Å². The minimum absolute atomic E-state index is 0.300. The molecule has 0 aliphatic carbocycles. The van der Waals surface area contributed by atoms with Crippen molar-refractivity contribution in [2.45, 2.75) is 0 Å². The van der Waals surface area contributed by atoms with E-state index in [0.717, 1.165) is 0 Å². The zero-order valence-electron chi connectivity index (χ0n) is 9.65. The molecule has 1 amide bonds. The SMILES string of the molecule is N#Cc1ccccc1NC(=O)c1ccc(F)cc1Br. The van der Waals surface area contributed by atoms with Crippen molar-refractivity contribution in [2.24, 2.45) is 0 Å². The van der Waals surface area contributed by atoms with E-state index in [1.165, 1.54) is 18.2 Å². The zero-order chi connectivity index (χ0) is 13.8. The highest BCUT2D eigenvalue weighted by molar-refractivity contribution is 9.10. The summed E-state index contributed by atoms with van der Waals surface area (Å²) >= 11 is 3.13. The molecule has 0 saturated heterocycles. The number of nitrogens with one attached hydrogen (secondary N) is 1. The molecule has 2 rings (SSSR count). The average molecular weight is 319 g/mol. The Morgan fingerprint density at radius 2 is 2.00 bits per heavy atom. The van der Waals surface area contributed by atoms with Crippen LogP contribution in [0.4, 0.5) is 10.1 Å². The molecule has 94 valence electrons. The summed E-state index contributed by atoms with van der Waals surface area (Å²) in [5.74, 6) is -0.838. The van der Waals surface area contributed by atoms with Gasteiger partial charge in [0.15, 0.2) is 0 Å². The van der Waals surface area contributed by atoms with Gasteiger partial charge in [-0.25, -0.2) is 4.39 Å². The number of benzene rings is 2. The number of rotatable bonds is 2. The minimum atomic E-state index is -0.430. The van der Waals surface area contributed by atoms with Crippen molar-refractivity contribution in [2.75, 3.05) is 5.32 Å². The summed E-state index contributed by atoms with van der Waals surface area (Å²) < 4.78 is 13.3. The Morgan fingerprint density at radius 3 is 2.68 bits per heavy atom. The van der Waals surface area contributed by atoms with Crippen molar-refractivity contribution in [3.05, 3.63) is 63.9 Å². The van der Waals surface area contributed by atoms with E-state index in [4.69, 9.17) is 5.26 Å². The molecule has 1 N–H and O–H groups in total. The Hall–Kier alpha value is -2.19. The number of nitrogens with zero attached hydrogens (tertiary/aromatic N) is 1. The third-order valence-electron chi connectivity index (χ3n) is 2.47. The zero-order valence-corrected chi connectivity index (χ0v) is 11.2. The molecule has 0 aliphatic rings. The summed E-state index contributed by atoms with van der Waals surface area (Å²) in [7, 11) is 0. The normalized spacial score (nSPS) is 9.74. The second-order valence-electron chi connectivity index (χ2n) is 3.74. The highest BCUT2D eigenvalue weighted by atomic mass is 79.9. The van der Waals surface area contributed by atoms with E-state index in [9.17, 15) is 9.18 Å². The molecule has 2 aromatic rings. The number of hydrogen-bond donors (Lipinski definition) is 1. The fourth-order valence-electron chi connectivity index (χ4n) is 1.55. The van der Waals surface area contributed by atoms with Gasteiger partial charge < -0.3 is 5.32 Å². The monoisotopic (exact) mass is 318 g/mol. The number of carbonyl (C=O) groups excluding carboxylic acids is 1. The van der Waals surface area contributed by atoms with Gasteiger partial charge in [0.1, 0.15) is 11.9 Å². The largest absolute Gasteiger partial charge is 0.321 e. The number of nitriles is 1. The maximum atomic E-state index is 13.0.